The van der Waals surface area contributed by atoms with E-state index in [2.05, 4.69) is 20.0 Å². The fourth-order valence-electron chi connectivity index (χ4n) is 4.35. The van der Waals surface area contributed by atoms with E-state index in [0.717, 1.165) is 37.7 Å². The molecule has 1 fully saturated rings. The van der Waals surface area contributed by atoms with Gasteiger partial charge in [0.25, 0.3) is 0 Å². The summed E-state index contributed by atoms with van der Waals surface area (Å²) in [5, 5.41) is 15.8. The summed E-state index contributed by atoms with van der Waals surface area (Å²) in [5.74, 6) is -1.09. The highest BCUT2D eigenvalue weighted by atomic mass is 19.1. The summed E-state index contributed by atoms with van der Waals surface area (Å²) in [6, 6.07) is 8.81. The van der Waals surface area contributed by atoms with Crippen molar-refractivity contribution >= 4 is 0 Å². The first-order valence-corrected chi connectivity index (χ1v) is 10.1. The van der Waals surface area contributed by atoms with Crippen LogP contribution in [0.4, 0.5) is 8.78 Å². The minimum Gasteiger partial charge on any atom is -0.381 e. The van der Waals surface area contributed by atoms with E-state index in [-0.39, 0.29) is 12.1 Å². The number of halogens is 2. The molecule has 1 N–H and O–H groups in total. The smallest absolute Gasteiger partial charge is 0.137 e. The van der Waals surface area contributed by atoms with Crippen molar-refractivity contribution in [2.24, 2.45) is 0 Å². The summed E-state index contributed by atoms with van der Waals surface area (Å²) in [6.07, 6.45) is 6.44. The number of hydrogen-bond donors (Lipinski definition) is 1. The van der Waals surface area contributed by atoms with E-state index in [0.29, 0.717) is 5.92 Å². The summed E-state index contributed by atoms with van der Waals surface area (Å²) in [6.45, 7) is 3.37. The molecular formula is C22H25F2N5O. The Hall–Kier alpha value is -2.71. The van der Waals surface area contributed by atoms with Crippen LogP contribution in [0.25, 0.3) is 0 Å². The van der Waals surface area contributed by atoms with Gasteiger partial charge >= 0.3 is 0 Å². The van der Waals surface area contributed by atoms with Gasteiger partial charge in [-0.15, -0.1) is 0 Å². The Morgan fingerprint density at radius 1 is 1.20 bits per heavy atom. The maximum absolute atomic E-state index is 14.7. The van der Waals surface area contributed by atoms with E-state index in [1.54, 1.807) is 6.20 Å². The van der Waals surface area contributed by atoms with Crippen LogP contribution in [0.1, 0.15) is 36.9 Å². The average Bonchev–Trinajstić information content (AvgIpc) is 3.26. The van der Waals surface area contributed by atoms with Gasteiger partial charge in [0.15, 0.2) is 0 Å². The van der Waals surface area contributed by atoms with E-state index in [4.69, 9.17) is 0 Å². The molecule has 2 atom stereocenters. The number of aromatic nitrogens is 4. The van der Waals surface area contributed by atoms with Gasteiger partial charge in [0.1, 0.15) is 29.9 Å². The largest absolute Gasteiger partial charge is 0.381 e. The SMILES string of the molecule is C[C@@H](N1CCC(c2ccccn2)CC1)[C@](O)(Cn1cncn1)c1ccc(F)cc1F. The third kappa shape index (κ3) is 4.11. The molecule has 0 saturated carbocycles. The number of piperidine rings is 1. The number of pyridine rings is 1. The standard InChI is InChI=1S/C22H25F2N5O/c1-16(28-10-7-17(8-11-28)21-4-2-3-9-26-21)22(30,13-29-15-25-14-27-29)19-6-5-18(23)12-20(19)24/h2-6,9,12,14-17,30H,7-8,10-11,13H2,1H3/t16-,22-/m1/s1. The zero-order valence-electron chi connectivity index (χ0n) is 16.8. The minimum absolute atomic E-state index is 0.0108. The lowest BCUT2D eigenvalue weighted by Gasteiger charge is -2.44. The van der Waals surface area contributed by atoms with Crippen molar-refractivity contribution in [1.29, 1.82) is 0 Å². The Morgan fingerprint density at radius 2 is 2.00 bits per heavy atom. The Balaban J connectivity index is 1.58. The van der Waals surface area contributed by atoms with Gasteiger partial charge in [0.2, 0.25) is 0 Å². The second-order valence-corrected chi connectivity index (χ2v) is 7.88. The molecular weight excluding hydrogens is 388 g/mol. The van der Waals surface area contributed by atoms with E-state index < -0.39 is 23.3 Å². The normalized spacial score (nSPS) is 18.8. The van der Waals surface area contributed by atoms with Crippen LogP contribution in [0.15, 0.2) is 55.2 Å². The second kappa shape index (κ2) is 8.57. The average molecular weight is 413 g/mol. The lowest BCUT2D eigenvalue weighted by molar-refractivity contribution is -0.0692. The van der Waals surface area contributed by atoms with Gasteiger partial charge in [0.05, 0.1) is 6.54 Å². The third-order valence-electron chi connectivity index (χ3n) is 6.14. The zero-order valence-corrected chi connectivity index (χ0v) is 16.8. The number of benzene rings is 1. The Bertz CT molecular complexity index is 961. The molecule has 4 rings (SSSR count). The van der Waals surface area contributed by atoms with Crippen LogP contribution in [-0.4, -0.2) is 48.9 Å². The summed E-state index contributed by atoms with van der Waals surface area (Å²) in [5.41, 5.74) is -0.477. The van der Waals surface area contributed by atoms with Crippen molar-refractivity contribution in [3.8, 4) is 0 Å². The fourth-order valence-corrected chi connectivity index (χ4v) is 4.35. The topological polar surface area (TPSA) is 67.1 Å². The van der Waals surface area contributed by atoms with Crippen LogP contribution in [0, 0.1) is 11.6 Å². The van der Waals surface area contributed by atoms with Gasteiger partial charge in [-0.25, -0.2) is 18.4 Å². The first-order valence-electron chi connectivity index (χ1n) is 10.1. The van der Waals surface area contributed by atoms with Gasteiger partial charge in [-0.3, -0.25) is 9.88 Å². The molecule has 3 aromatic rings. The highest BCUT2D eigenvalue weighted by Gasteiger charge is 2.42. The molecule has 1 saturated heterocycles. The molecule has 1 aliphatic rings. The number of aliphatic hydroxyl groups is 1. The Labute approximate surface area is 174 Å². The molecule has 0 radical (unpaired) electrons. The molecule has 158 valence electrons. The second-order valence-electron chi connectivity index (χ2n) is 7.88. The summed E-state index contributed by atoms with van der Waals surface area (Å²) >= 11 is 0. The Morgan fingerprint density at radius 3 is 2.63 bits per heavy atom. The highest BCUT2D eigenvalue weighted by molar-refractivity contribution is 5.27. The van der Waals surface area contributed by atoms with Crippen molar-refractivity contribution in [1.82, 2.24) is 24.6 Å². The summed E-state index contributed by atoms with van der Waals surface area (Å²) in [4.78, 5) is 10.5. The molecule has 3 heterocycles. The number of likely N-dealkylation sites (tertiary alicyclic amines) is 1. The van der Waals surface area contributed by atoms with Crippen LogP contribution >= 0.6 is 0 Å². The lowest BCUT2D eigenvalue weighted by Crippen LogP contribution is -2.53. The predicted octanol–water partition coefficient (Wildman–Crippen LogP) is 3.11. The quantitative estimate of drug-likeness (QED) is 0.673. The van der Waals surface area contributed by atoms with Crippen LogP contribution in [-0.2, 0) is 12.1 Å². The van der Waals surface area contributed by atoms with Crippen LogP contribution < -0.4 is 0 Å². The van der Waals surface area contributed by atoms with E-state index in [1.807, 2.05) is 25.1 Å². The first-order chi connectivity index (χ1) is 14.5. The highest BCUT2D eigenvalue weighted by Crippen LogP contribution is 2.35. The van der Waals surface area contributed by atoms with Crippen LogP contribution in [0.5, 0.6) is 0 Å². The van der Waals surface area contributed by atoms with Crippen LogP contribution in [0.2, 0.25) is 0 Å². The summed E-state index contributed by atoms with van der Waals surface area (Å²) in [7, 11) is 0. The fraction of sp³-hybridized carbons (Fsp3) is 0.409. The van der Waals surface area contributed by atoms with Gasteiger partial charge in [-0.2, -0.15) is 5.10 Å². The molecule has 0 amide bonds. The van der Waals surface area contributed by atoms with E-state index in [9.17, 15) is 13.9 Å². The summed E-state index contributed by atoms with van der Waals surface area (Å²) < 4.78 is 29.7. The van der Waals surface area contributed by atoms with Crippen molar-refractivity contribution < 1.29 is 13.9 Å². The van der Waals surface area contributed by atoms with Crippen molar-refractivity contribution in [2.75, 3.05) is 13.1 Å². The lowest BCUT2D eigenvalue weighted by atomic mass is 9.83. The molecule has 6 nitrogen and oxygen atoms in total. The van der Waals surface area contributed by atoms with Gasteiger partial charge < -0.3 is 5.11 Å². The van der Waals surface area contributed by atoms with E-state index >= 15 is 0 Å². The van der Waals surface area contributed by atoms with Crippen LogP contribution in [0.3, 0.4) is 0 Å². The van der Waals surface area contributed by atoms with E-state index in [1.165, 1.54) is 29.5 Å². The molecule has 2 aromatic heterocycles. The predicted molar refractivity (Wildman–Crippen MR) is 108 cm³/mol. The number of nitrogens with zero attached hydrogens (tertiary/aromatic N) is 5. The first kappa shape index (κ1) is 20.6. The van der Waals surface area contributed by atoms with Gasteiger partial charge in [0, 0.05) is 35.5 Å². The molecule has 1 aromatic carbocycles. The molecule has 8 heteroatoms. The van der Waals surface area contributed by atoms with Crippen molar-refractivity contribution in [3.05, 3.63) is 78.1 Å². The number of hydrogen-bond acceptors (Lipinski definition) is 5. The van der Waals surface area contributed by atoms with Crippen molar-refractivity contribution in [3.63, 3.8) is 0 Å². The monoisotopic (exact) mass is 413 g/mol. The van der Waals surface area contributed by atoms with Gasteiger partial charge in [-0.1, -0.05) is 12.1 Å². The maximum Gasteiger partial charge on any atom is 0.137 e. The maximum atomic E-state index is 14.7. The van der Waals surface area contributed by atoms with Gasteiger partial charge in [-0.05, 0) is 51.1 Å². The Kier molecular flexibility index (Phi) is 5.87. The molecule has 30 heavy (non-hydrogen) atoms. The zero-order chi connectivity index (χ0) is 21.1. The molecule has 0 unspecified atom stereocenters. The molecule has 0 spiro atoms. The molecule has 1 aliphatic heterocycles. The third-order valence-corrected chi connectivity index (χ3v) is 6.14. The number of rotatable bonds is 6. The molecule has 0 aliphatic carbocycles. The van der Waals surface area contributed by atoms with Crippen molar-refractivity contribution in [2.45, 2.75) is 43.9 Å². The minimum atomic E-state index is -1.61. The molecule has 0 bridgehead atoms.